The van der Waals surface area contributed by atoms with Crippen LogP contribution in [0.5, 0.6) is 5.75 Å². The van der Waals surface area contributed by atoms with E-state index in [0.29, 0.717) is 31.7 Å². The van der Waals surface area contributed by atoms with Gasteiger partial charge in [0.2, 0.25) is 5.91 Å². The number of esters is 1. The number of nitrogens with zero attached hydrogens (tertiary/aromatic N) is 1. The van der Waals surface area contributed by atoms with E-state index in [0.717, 1.165) is 16.7 Å². The van der Waals surface area contributed by atoms with Crippen molar-refractivity contribution in [3.8, 4) is 5.75 Å². The Labute approximate surface area is 222 Å². The van der Waals surface area contributed by atoms with Crippen LogP contribution in [0.1, 0.15) is 29.5 Å². The van der Waals surface area contributed by atoms with Crippen molar-refractivity contribution in [1.29, 1.82) is 0 Å². The van der Waals surface area contributed by atoms with Gasteiger partial charge in [-0.25, -0.2) is 9.59 Å². The molecule has 8 nitrogen and oxygen atoms in total. The number of carbonyl (C=O) groups excluding carboxylic acids is 3. The molecule has 3 aromatic rings. The number of likely N-dealkylation sites (tertiary alicyclic amines) is 1. The zero-order valence-electron chi connectivity index (χ0n) is 21.4. The number of carbonyl (C=O) groups is 3. The largest absolute Gasteiger partial charge is 0.489 e. The molecule has 1 fully saturated rings. The maximum absolute atomic E-state index is 13.2. The molecule has 1 saturated heterocycles. The summed E-state index contributed by atoms with van der Waals surface area (Å²) in [6.45, 7) is 0.951. The Bertz CT molecular complexity index is 1220. The summed E-state index contributed by atoms with van der Waals surface area (Å²) in [5.41, 5.74) is 2.71. The highest BCUT2D eigenvalue weighted by Gasteiger charge is 2.37. The van der Waals surface area contributed by atoms with E-state index < -0.39 is 30.1 Å². The first kappa shape index (κ1) is 26.7. The Morgan fingerprint density at radius 2 is 1.55 bits per heavy atom. The molecule has 0 bridgehead atoms. The van der Waals surface area contributed by atoms with E-state index >= 15 is 0 Å². The first-order chi connectivity index (χ1) is 18.5. The van der Waals surface area contributed by atoms with Gasteiger partial charge in [0.1, 0.15) is 31.0 Å². The molecule has 4 rings (SSSR count). The number of amides is 2. The molecule has 1 N–H and O–H groups in total. The lowest BCUT2D eigenvalue weighted by atomic mass is 10.0. The lowest BCUT2D eigenvalue weighted by Crippen LogP contribution is -2.51. The second-order valence-electron chi connectivity index (χ2n) is 9.10. The third kappa shape index (κ3) is 7.35. The quantitative estimate of drug-likeness (QED) is 0.405. The van der Waals surface area contributed by atoms with Gasteiger partial charge in [0.05, 0.1) is 7.11 Å². The predicted molar refractivity (Wildman–Crippen MR) is 141 cm³/mol. The number of hydrogen-bond acceptors (Lipinski definition) is 6. The van der Waals surface area contributed by atoms with Crippen molar-refractivity contribution in [2.45, 2.75) is 44.6 Å². The van der Waals surface area contributed by atoms with Crippen LogP contribution in [0, 0.1) is 0 Å². The summed E-state index contributed by atoms with van der Waals surface area (Å²) in [6.07, 6.45) is 0.821. The average Bonchev–Trinajstić information content (AvgIpc) is 3.46. The molecule has 3 aromatic carbocycles. The first-order valence-corrected chi connectivity index (χ1v) is 12.6. The molecule has 2 atom stereocenters. The van der Waals surface area contributed by atoms with Crippen LogP contribution in [0.25, 0.3) is 0 Å². The van der Waals surface area contributed by atoms with E-state index in [-0.39, 0.29) is 13.0 Å². The van der Waals surface area contributed by atoms with E-state index in [9.17, 15) is 14.4 Å². The van der Waals surface area contributed by atoms with Crippen molar-refractivity contribution in [2.75, 3.05) is 13.7 Å². The number of methoxy groups -OCH3 is 1. The summed E-state index contributed by atoms with van der Waals surface area (Å²) in [6, 6.07) is 24.9. The third-order valence-electron chi connectivity index (χ3n) is 6.38. The lowest BCUT2D eigenvalue weighted by molar-refractivity contribution is -0.145. The van der Waals surface area contributed by atoms with E-state index in [4.69, 9.17) is 14.2 Å². The molecular formula is C30H32N2O6. The van der Waals surface area contributed by atoms with Gasteiger partial charge >= 0.3 is 12.1 Å². The molecule has 1 aliphatic rings. The number of benzene rings is 3. The molecule has 2 amide bonds. The maximum Gasteiger partial charge on any atom is 0.410 e. The number of hydrogen-bond donors (Lipinski definition) is 1. The number of nitrogens with one attached hydrogen (secondary N) is 1. The molecule has 0 saturated carbocycles. The Morgan fingerprint density at radius 3 is 2.24 bits per heavy atom. The van der Waals surface area contributed by atoms with Gasteiger partial charge in [-0.15, -0.1) is 0 Å². The zero-order valence-corrected chi connectivity index (χ0v) is 21.4. The van der Waals surface area contributed by atoms with E-state index in [1.807, 2.05) is 84.9 Å². The summed E-state index contributed by atoms with van der Waals surface area (Å²) < 4.78 is 16.3. The van der Waals surface area contributed by atoms with E-state index in [1.165, 1.54) is 12.0 Å². The monoisotopic (exact) mass is 516 g/mol. The maximum atomic E-state index is 13.2. The van der Waals surface area contributed by atoms with Crippen LogP contribution in [-0.2, 0) is 38.7 Å². The molecule has 0 unspecified atom stereocenters. The summed E-state index contributed by atoms with van der Waals surface area (Å²) in [5.74, 6) is -0.319. The fourth-order valence-corrected chi connectivity index (χ4v) is 4.40. The standard InChI is InChI=1S/C30H32N2O6/c1-36-29(34)26(19-24-14-8-15-25(18-24)37-20-22-10-4-2-5-11-22)31-28(33)27-16-9-17-32(27)30(35)38-21-23-12-6-3-7-13-23/h2-8,10-15,18,26-27H,9,16-17,19-21H2,1H3,(H,31,33)/t26-,27+/m0/s1. The van der Waals surface area contributed by atoms with Gasteiger partial charge in [0.15, 0.2) is 0 Å². The molecule has 1 aliphatic heterocycles. The van der Waals surface area contributed by atoms with Crippen LogP contribution >= 0.6 is 0 Å². The fourth-order valence-electron chi connectivity index (χ4n) is 4.40. The minimum absolute atomic E-state index is 0.123. The van der Waals surface area contributed by atoms with Crippen molar-refractivity contribution >= 4 is 18.0 Å². The van der Waals surface area contributed by atoms with Crippen LogP contribution in [0.3, 0.4) is 0 Å². The summed E-state index contributed by atoms with van der Waals surface area (Å²) >= 11 is 0. The second kappa shape index (κ2) is 13.3. The minimum atomic E-state index is -0.917. The van der Waals surface area contributed by atoms with E-state index in [1.54, 1.807) is 0 Å². The van der Waals surface area contributed by atoms with Crippen molar-refractivity contribution in [1.82, 2.24) is 10.2 Å². The Hall–Kier alpha value is -4.33. The van der Waals surface area contributed by atoms with Gasteiger partial charge < -0.3 is 19.5 Å². The summed E-state index contributed by atoms with van der Waals surface area (Å²) in [7, 11) is 1.28. The normalized spacial score (nSPS) is 15.4. The number of rotatable bonds is 10. The highest BCUT2D eigenvalue weighted by molar-refractivity contribution is 5.90. The van der Waals surface area contributed by atoms with Crippen LogP contribution in [0.15, 0.2) is 84.9 Å². The van der Waals surface area contributed by atoms with Gasteiger partial charge in [-0.3, -0.25) is 9.69 Å². The molecule has 0 aromatic heterocycles. The molecular weight excluding hydrogens is 484 g/mol. The Kier molecular flexibility index (Phi) is 9.34. The van der Waals surface area contributed by atoms with E-state index in [2.05, 4.69) is 5.32 Å². The van der Waals surface area contributed by atoms with Crippen molar-refractivity contribution in [3.05, 3.63) is 102 Å². The van der Waals surface area contributed by atoms with Gasteiger partial charge in [-0.05, 0) is 41.7 Å². The zero-order chi connectivity index (χ0) is 26.7. The Morgan fingerprint density at radius 1 is 0.895 bits per heavy atom. The highest BCUT2D eigenvalue weighted by atomic mass is 16.6. The second-order valence-corrected chi connectivity index (χ2v) is 9.10. The molecule has 8 heteroatoms. The molecule has 0 spiro atoms. The number of ether oxygens (including phenoxy) is 3. The SMILES string of the molecule is COC(=O)[C@H](Cc1cccc(OCc2ccccc2)c1)NC(=O)[C@H]1CCCN1C(=O)OCc1ccccc1. The molecule has 38 heavy (non-hydrogen) atoms. The topological polar surface area (TPSA) is 94.2 Å². The fraction of sp³-hybridized carbons (Fsp3) is 0.300. The molecule has 0 radical (unpaired) electrons. The van der Waals surface area contributed by atoms with Crippen molar-refractivity contribution < 1.29 is 28.6 Å². The van der Waals surface area contributed by atoms with Gasteiger partial charge in [0, 0.05) is 13.0 Å². The highest BCUT2D eigenvalue weighted by Crippen LogP contribution is 2.21. The average molecular weight is 517 g/mol. The summed E-state index contributed by atoms with van der Waals surface area (Å²) in [4.78, 5) is 39.9. The molecule has 1 heterocycles. The van der Waals surface area contributed by atoms with Crippen LogP contribution in [0.4, 0.5) is 4.79 Å². The molecule has 198 valence electrons. The van der Waals surface area contributed by atoms with Gasteiger partial charge in [-0.2, -0.15) is 0 Å². The third-order valence-corrected chi connectivity index (χ3v) is 6.38. The van der Waals surface area contributed by atoms with Gasteiger partial charge in [0.25, 0.3) is 0 Å². The van der Waals surface area contributed by atoms with Crippen molar-refractivity contribution in [3.63, 3.8) is 0 Å². The molecule has 0 aliphatic carbocycles. The van der Waals surface area contributed by atoms with Gasteiger partial charge in [-0.1, -0.05) is 72.8 Å². The predicted octanol–water partition coefficient (Wildman–Crippen LogP) is 4.27. The van der Waals surface area contributed by atoms with Crippen LogP contribution in [0.2, 0.25) is 0 Å². The van der Waals surface area contributed by atoms with Crippen LogP contribution < -0.4 is 10.1 Å². The smallest absolute Gasteiger partial charge is 0.410 e. The Balaban J connectivity index is 1.36. The summed E-state index contributed by atoms with van der Waals surface area (Å²) in [5, 5.41) is 2.79. The van der Waals surface area contributed by atoms with Crippen molar-refractivity contribution in [2.24, 2.45) is 0 Å². The van der Waals surface area contributed by atoms with Crippen LogP contribution in [-0.4, -0.2) is 48.6 Å². The lowest BCUT2D eigenvalue weighted by Gasteiger charge is -2.25. The minimum Gasteiger partial charge on any atom is -0.489 e. The first-order valence-electron chi connectivity index (χ1n) is 12.6.